The van der Waals surface area contributed by atoms with Crippen molar-refractivity contribution < 1.29 is 17.9 Å². The van der Waals surface area contributed by atoms with Crippen LogP contribution >= 0.6 is 0 Å². The van der Waals surface area contributed by atoms with Crippen molar-refractivity contribution in [2.45, 2.75) is 4.90 Å². The summed E-state index contributed by atoms with van der Waals surface area (Å²) in [5, 5.41) is 0. The summed E-state index contributed by atoms with van der Waals surface area (Å²) in [5.74, 6) is -0.771. The molecule has 0 bridgehead atoms. The second-order valence-electron chi connectivity index (χ2n) is 3.94. The van der Waals surface area contributed by atoms with Crippen molar-refractivity contribution >= 4 is 27.5 Å². The number of methoxy groups -OCH3 is 1. The minimum Gasteiger partial charge on any atom is -0.465 e. The van der Waals surface area contributed by atoms with Crippen LogP contribution in [0.3, 0.4) is 0 Å². The van der Waals surface area contributed by atoms with Crippen LogP contribution in [-0.2, 0) is 14.8 Å². The molecule has 3 N–H and O–H groups in total. The molecule has 0 amide bonds. The summed E-state index contributed by atoms with van der Waals surface area (Å²) in [5.41, 5.74) is 5.66. The number of rotatable bonds is 4. The van der Waals surface area contributed by atoms with Crippen molar-refractivity contribution in [3.05, 3.63) is 42.4 Å². The van der Waals surface area contributed by atoms with E-state index in [-0.39, 0.29) is 22.0 Å². The molecule has 0 radical (unpaired) electrons. The predicted molar refractivity (Wildman–Crippen MR) is 75.0 cm³/mol. The van der Waals surface area contributed by atoms with Crippen LogP contribution in [0, 0.1) is 0 Å². The molecule has 9 heteroatoms. The molecule has 1 aromatic heterocycles. The van der Waals surface area contributed by atoms with Gasteiger partial charge in [0.2, 0.25) is 0 Å². The number of nitrogens with zero attached hydrogens (tertiary/aromatic N) is 2. The molecule has 0 aliphatic heterocycles. The number of carbonyl (C=O) groups is 1. The van der Waals surface area contributed by atoms with Gasteiger partial charge in [0, 0.05) is 18.1 Å². The maximum Gasteiger partial charge on any atom is 0.339 e. The summed E-state index contributed by atoms with van der Waals surface area (Å²) >= 11 is 0. The fourth-order valence-electron chi connectivity index (χ4n) is 1.60. The minimum absolute atomic E-state index is 0.0325. The van der Waals surface area contributed by atoms with E-state index in [4.69, 9.17) is 5.73 Å². The van der Waals surface area contributed by atoms with Gasteiger partial charge in [-0.2, -0.15) is 0 Å². The SMILES string of the molecule is COC(=O)c1cc(N)ccc1S(=O)(=O)Nc1cnccn1. The highest BCUT2D eigenvalue weighted by molar-refractivity contribution is 7.92. The van der Waals surface area contributed by atoms with Gasteiger partial charge in [-0.25, -0.2) is 18.2 Å². The van der Waals surface area contributed by atoms with Crippen molar-refractivity contribution in [2.24, 2.45) is 0 Å². The van der Waals surface area contributed by atoms with Crippen LogP contribution in [0.5, 0.6) is 0 Å². The standard InChI is InChI=1S/C12H12N4O4S/c1-20-12(17)9-6-8(13)2-3-10(9)21(18,19)16-11-7-14-4-5-15-11/h2-7H,13H2,1H3,(H,15,16). The van der Waals surface area contributed by atoms with Crippen molar-refractivity contribution in [3.8, 4) is 0 Å². The highest BCUT2D eigenvalue weighted by atomic mass is 32.2. The zero-order valence-electron chi connectivity index (χ0n) is 11.0. The number of esters is 1. The third-order valence-electron chi connectivity index (χ3n) is 2.50. The monoisotopic (exact) mass is 308 g/mol. The quantitative estimate of drug-likeness (QED) is 0.627. The number of nitrogen functional groups attached to an aromatic ring is 1. The molecule has 0 unspecified atom stereocenters. The molecule has 0 spiro atoms. The zero-order valence-corrected chi connectivity index (χ0v) is 11.8. The Morgan fingerprint density at radius 1 is 1.33 bits per heavy atom. The number of nitrogens with one attached hydrogen (secondary N) is 1. The van der Waals surface area contributed by atoms with E-state index in [1.165, 1.54) is 36.8 Å². The molecule has 2 aromatic rings. The Kier molecular flexibility index (Phi) is 4.03. The van der Waals surface area contributed by atoms with Crippen LogP contribution in [-0.4, -0.2) is 31.5 Å². The maximum absolute atomic E-state index is 12.3. The van der Waals surface area contributed by atoms with Crippen molar-refractivity contribution in [1.82, 2.24) is 9.97 Å². The molecule has 2 rings (SSSR count). The lowest BCUT2D eigenvalue weighted by Gasteiger charge is -2.11. The molecule has 1 aromatic carbocycles. The molecule has 0 saturated heterocycles. The Bertz CT molecular complexity index is 762. The number of carbonyl (C=O) groups excluding carboxylic acids is 1. The second-order valence-corrected chi connectivity index (χ2v) is 5.59. The van der Waals surface area contributed by atoms with Gasteiger partial charge in [0.25, 0.3) is 10.0 Å². The van der Waals surface area contributed by atoms with E-state index in [2.05, 4.69) is 19.4 Å². The molecule has 1 heterocycles. The first-order valence-corrected chi connectivity index (χ1v) is 7.19. The number of nitrogens with two attached hydrogens (primary N) is 1. The highest BCUT2D eigenvalue weighted by Gasteiger charge is 2.23. The third kappa shape index (κ3) is 3.26. The number of sulfonamides is 1. The van der Waals surface area contributed by atoms with E-state index in [1.54, 1.807) is 0 Å². The molecule has 21 heavy (non-hydrogen) atoms. The lowest BCUT2D eigenvalue weighted by molar-refractivity contribution is 0.0596. The van der Waals surface area contributed by atoms with E-state index in [0.29, 0.717) is 0 Å². The first-order chi connectivity index (χ1) is 9.94. The van der Waals surface area contributed by atoms with Gasteiger partial charge in [0.05, 0.1) is 18.9 Å². The van der Waals surface area contributed by atoms with Crippen LogP contribution in [0.4, 0.5) is 11.5 Å². The molecule has 0 atom stereocenters. The summed E-state index contributed by atoms with van der Waals surface area (Å²) in [7, 11) is -2.87. The summed E-state index contributed by atoms with van der Waals surface area (Å²) < 4.78 is 31.4. The Morgan fingerprint density at radius 3 is 2.71 bits per heavy atom. The Balaban J connectivity index is 2.47. The average molecular weight is 308 g/mol. The summed E-state index contributed by atoms with van der Waals surface area (Å²) in [6.07, 6.45) is 3.98. The topological polar surface area (TPSA) is 124 Å². The number of hydrogen-bond acceptors (Lipinski definition) is 7. The highest BCUT2D eigenvalue weighted by Crippen LogP contribution is 2.21. The van der Waals surface area contributed by atoms with Gasteiger partial charge in [0.15, 0.2) is 5.82 Å². The van der Waals surface area contributed by atoms with E-state index in [9.17, 15) is 13.2 Å². The summed E-state index contributed by atoms with van der Waals surface area (Å²) in [6.45, 7) is 0. The van der Waals surface area contributed by atoms with E-state index in [0.717, 1.165) is 7.11 Å². The predicted octanol–water partition coefficient (Wildman–Crippen LogP) is 0.646. The fourth-order valence-corrected chi connectivity index (χ4v) is 2.77. The number of benzene rings is 1. The fraction of sp³-hybridized carbons (Fsp3) is 0.0833. The molecule has 8 nitrogen and oxygen atoms in total. The Morgan fingerprint density at radius 2 is 2.10 bits per heavy atom. The molecule has 0 aliphatic carbocycles. The van der Waals surface area contributed by atoms with Crippen LogP contribution in [0.25, 0.3) is 0 Å². The zero-order chi connectivity index (χ0) is 15.5. The number of hydrogen-bond donors (Lipinski definition) is 2. The van der Waals surface area contributed by atoms with Crippen LogP contribution in [0.1, 0.15) is 10.4 Å². The maximum atomic E-state index is 12.3. The molecular formula is C12H12N4O4S. The Labute approximate surface area is 121 Å². The minimum atomic E-state index is -4.02. The Hall–Kier alpha value is -2.68. The van der Waals surface area contributed by atoms with Crippen LogP contribution < -0.4 is 10.5 Å². The van der Waals surface area contributed by atoms with Gasteiger partial charge in [-0.15, -0.1) is 0 Å². The lowest BCUT2D eigenvalue weighted by atomic mass is 10.2. The first kappa shape index (κ1) is 14.7. The number of anilines is 2. The molecule has 110 valence electrons. The van der Waals surface area contributed by atoms with E-state index >= 15 is 0 Å². The average Bonchev–Trinajstić information content (AvgIpc) is 2.46. The second kappa shape index (κ2) is 5.75. The number of ether oxygens (including phenoxy) is 1. The van der Waals surface area contributed by atoms with Gasteiger partial charge in [-0.3, -0.25) is 9.71 Å². The van der Waals surface area contributed by atoms with Crippen LogP contribution in [0.15, 0.2) is 41.7 Å². The van der Waals surface area contributed by atoms with Gasteiger partial charge < -0.3 is 10.5 Å². The van der Waals surface area contributed by atoms with E-state index in [1.807, 2.05) is 0 Å². The third-order valence-corrected chi connectivity index (χ3v) is 3.91. The van der Waals surface area contributed by atoms with Crippen molar-refractivity contribution in [2.75, 3.05) is 17.6 Å². The van der Waals surface area contributed by atoms with Crippen molar-refractivity contribution in [3.63, 3.8) is 0 Å². The largest absolute Gasteiger partial charge is 0.465 e. The summed E-state index contributed by atoms with van der Waals surface area (Å²) in [4.78, 5) is 19.0. The molecular weight excluding hydrogens is 296 g/mol. The normalized spacial score (nSPS) is 10.9. The van der Waals surface area contributed by atoms with Gasteiger partial charge >= 0.3 is 5.97 Å². The van der Waals surface area contributed by atoms with Gasteiger partial charge in [0.1, 0.15) is 4.90 Å². The molecule has 0 saturated carbocycles. The van der Waals surface area contributed by atoms with Gasteiger partial charge in [-0.1, -0.05) is 0 Å². The van der Waals surface area contributed by atoms with E-state index < -0.39 is 16.0 Å². The molecule has 0 aliphatic rings. The number of aromatic nitrogens is 2. The van der Waals surface area contributed by atoms with Crippen molar-refractivity contribution in [1.29, 1.82) is 0 Å². The summed E-state index contributed by atoms with van der Waals surface area (Å²) in [6, 6.07) is 3.83. The molecule has 0 fully saturated rings. The lowest BCUT2D eigenvalue weighted by Crippen LogP contribution is -2.18. The first-order valence-electron chi connectivity index (χ1n) is 5.70. The van der Waals surface area contributed by atoms with Gasteiger partial charge in [-0.05, 0) is 18.2 Å². The van der Waals surface area contributed by atoms with Crippen LogP contribution in [0.2, 0.25) is 0 Å². The smallest absolute Gasteiger partial charge is 0.339 e.